The molecule has 2 N–H and O–H groups in total. The third-order valence-electron chi connectivity index (χ3n) is 5.71. The molecule has 0 saturated heterocycles. The van der Waals surface area contributed by atoms with Gasteiger partial charge in [0.1, 0.15) is 21.8 Å². The number of carbonyl (C=O) groups is 2. The first-order valence-electron chi connectivity index (χ1n) is 10.4. The molecule has 1 saturated carbocycles. The normalized spacial score (nSPS) is 18.2. The molecular formula is C24H12Cl4F6N2O2. The van der Waals surface area contributed by atoms with Gasteiger partial charge in [-0.25, -0.2) is 13.2 Å². The third-order valence-corrected chi connectivity index (χ3v) is 7.35. The van der Waals surface area contributed by atoms with Crippen LogP contribution in [-0.4, -0.2) is 16.1 Å². The number of anilines is 2. The van der Waals surface area contributed by atoms with Gasteiger partial charge in [-0.3, -0.25) is 9.59 Å². The van der Waals surface area contributed by atoms with E-state index < -0.39 is 79.1 Å². The molecule has 4 nitrogen and oxygen atoms in total. The smallest absolute Gasteiger partial charge is 0.326 e. The largest absolute Gasteiger partial charge is 0.417 e. The first-order valence-corrected chi connectivity index (χ1v) is 11.9. The fraction of sp³-hybridized carbons (Fsp3) is 0.167. The number of alkyl halides is 5. The van der Waals surface area contributed by atoms with Crippen LogP contribution in [0.3, 0.4) is 0 Å². The van der Waals surface area contributed by atoms with E-state index in [-0.39, 0.29) is 5.02 Å². The second-order valence-electron chi connectivity index (χ2n) is 8.25. The summed E-state index contributed by atoms with van der Waals surface area (Å²) in [7, 11) is 0. The Morgan fingerprint density at radius 3 is 2.16 bits per heavy atom. The summed E-state index contributed by atoms with van der Waals surface area (Å²) in [4.78, 5) is 25.6. The van der Waals surface area contributed by atoms with E-state index in [0.717, 1.165) is 24.3 Å². The van der Waals surface area contributed by atoms with Crippen LogP contribution in [0.5, 0.6) is 0 Å². The average molecular weight is 616 g/mol. The first kappa shape index (κ1) is 28.4. The zero-order chi connectivity index (χ0) is 28.2. The maximum absolute atomic E-state index is 14.0. The molecule has 4 rings (SSSR count). The molecule has 1 aliphatic carbocycles. The van der Waals surface area contributed by atoms with Crippen molar-refractivity contribution in [1.82, 2.24) is 0 Å². The lowest BCUT2D eigenvalue weighted by Gasteiger charge is -2.16. The number of nitrogens with one attached hydrogen (secondary N) is 2. The zero-order valence-corrected chi connectivity index (χ0v) is 21.4. The Morgan fingerprint density at radius 2 is 1.55 bits per heavy atom. The number of amides is 2. The predicted molar refractivity (Wildman–Crippen MR) is 131 cm³/mol. The molecule has 38 heavy (non-hydrogen) atoms. The molecule has 0 heterocycles. The van der Waals surface area contributed by atoms with Gasteiger partial charge in [-0.05, 0) is 42.0 Å². The molecule has 1 aliphatic rings. The van der Waals surface area contributed by atoms with Crippen molar-refractivity contribution < 1.29 is 35.9 Å². The lowest BCUT2D eigenvalue weighted by atomic mass is 10.1. The van der Waals surface area contributed by atoms with Crippen LogP contribution in [0.4, 0.5) is 37.7 Å². The van der Waals surface area contributed by atoms with E-state index in [0.29, 0.717) is 17.7 Å². The molecule has 2 amide bonds. The molecule has 3 aromatic rings. The number of hydrogen-bond donors (Lipinski definition) is 2. The maximum Gasteiger partial charge on any atom is 0.417 e. The van der Waals surface area contributed by atoms with E-state index >= 15 is 0 Å². The summed E-state index contributed by atoms with van der Waals surface area (Å²) >= 11 is 24.1. The van der Waals surface area contributed by atoms with E-state index in [1.54, 1.807) is 0 Å². The van der Waals surface area contributed by atoms with Crippen molar-refractivity contribution in [2.45, 2.75) is 16.4 Å². The molecule has 0 aromatic heterocycles. The summed E-state index contributed by atoms with van der Waals surface area (Å²) in [6.45, 7) is 0. The van der Waals surface area contributed by atoms with Gasteiger partial charge >= 0.3 is 6.18 Å². The third kappa shape index (κ3) is 5.54. The van der Waals surface area contributed by atoms with Gasteiger partial charge in [0.2, 0.25) is 5.91 Å². The van der Waals surface area contributed by atoms with Crippen molar-refractivity contribution in [2.24, 2.45) is 5.92 Å². The molecule has 0 unspecified atom stereocenters. The van der Waals surface area contributed by atoms with E-state index in [1.807, 2.05) is 5.32 Å². The Morgan fingerprint density at radius 1 is 0.868 bits per heavy atom. The Hall–Kier alpha value is -2.66. The van der Waals surface area contributed by atoms with Gasteiger partial charge in [-0.15, -0.1) is 23.2 Å². The number of rotatable bonds is 5. The Kier molecular flexibility index (Phi) is 7.57. The molecule has 1 fully saturated rings. The highest BCUT2D eigenvalue weighted by atomic mass is 35.5. The van der Waals surface area contributed by atoms with Gasteiger partial charge in [-0.2, -0.15) is 13.2 Å². The van der Waals surface area contributed by atoms with Gasteiger partial charge in [-0.1, -0.05) is 29.3 Å². The Balaban J connectivity index is 1.64. The SMILES string of the molecule is O=C(Nc1ccc(F)cc1F)c1cc(NC(=O)[C@H]2[C@H](c3ccc(F)c(Cl)c3)C2(Cl)Cl)cc(C(F)(F)F)c1Cl. The number of halogens is 10. The molecule has 0 spiro atoms. The molecule has 2 atom stereocenters. The predicted octanol–water partition coefficient (Wildman–Crippen LogP) is 8.21. The summed E-state index contributed by atoms with van der Waals surface area (Å²) in [5.74, 6) is -7.08. The zero-order valence-electron chi connectivity index (χ0n) is 18.4. The highest BCUT2D eigenvalue weighted by Crippen LogP contribution is 2.65. The molecule has 0 aliphatic heterocycles. The molecule has 0 bridgehead atoms. The number of benzene rings is 3. The van der Waals surface area contributed by atoms with Crippen LogP contribution >= 0.6 is 46.4 Å². The molecule has 3 aromatic carbocycles. The van der Waals surface area contributed by atoms with Crippen molar-refractivity contribution in [1.29, 1.82) is 0 Å². The van der Waals surface area contributed by atoms with Gasteiger partial charge in [0.25, 0.3) is 5.91 Å². The monoisotopic (exact) mass is 614 g/mol. The molecular weight excluding hydrogens is 604 g/mol. The van der Waals surface area contributed by atoms with Crippen LogP contribution in [0.2, 0.25) is 10.0 Å². The summed E-state index contributed by atoms with van der Waals surface area (Å²) in [5.41, 5.74) is -2.94. The summed E-state index contributed by atoms with van der Waals surface area (Å²) in [6.07, 6.45) is -5.05. The molecule has 200 valence electrons. The lowest BCUT2D eigenvalue weighted by Crippen LogP contribution is -2.20. The van der Waals surface area contributed by atoms with Crippen LogP contribution in [0.15, 0.2) is 48.5 Å². The van der Waals surface area contributed by atoms with Crippen LogP contribution in [0.25, 0.3) is 0 Å². The van der Waals surface area contributed by atoms with Crippen molar-refractivity contribution in [3.63, 3.8) is 0 Å². The lowest BCUT2D eigenvalue weighted by molar-refractivity contribution is -0.137. The second-order valence-corrected chi connectivity index (χ2v) is 10.5. The Labute approximate surface area is 230 Å². The standard InChI is InChI=1S/C24H12Cl4F6N2O2/c25-14-5-9(1-3-15(14)30)18-19(23(18,27)28)22(38)35-11-7-12(20(26)13(8-11)24(32,33)34)21(37)36-17-4-2-10(29)6-16(17)31/h1-8,18-19H,(H,35,38)(H,36,37)/t18-,19+/m0/s1. The van der Waals surface area contributed by atoms with E-state index in [4.69, 9.17) is 46.4 Å². The van der Waals surface area contributed by atoms with Crippen molar-refractivity contribution in [2.75, 3.05) is 10.6 Å². The second kappa shape index (κ2) is 10.1. The fourth-order valence-corrected chi connectivity index (χ4v) is 5.16. The number of carbonyl (C=O) groups excluding carboxylic acids is 2. The fourth-order valence-electron chi connectivity index (χ4n) is 3.84. The van der Waals surface area contributed by atoms with Gasteiger partial charge in [0.05, 0.1) is 32.8 Å². The van der Waals surface area contributed by atoms with Crippen molar-refractivity contribution in [3.05, 3.63) is 92.7 Å². The average Bonchev–Trinajstić information content (AvgIpc) is 3.39. The van der Waals surface area contributed by atoms with Crippen molar-refractivity contribution >= 4 is 69.6 Å². The van der Waals surface area contributed by atoms with Gasteiger partial charge < -0.3 is 10.6 Å². The van der Waals surface area contributed by atoms with E-state index in [9.17, 15) is 35.9 Å². The van der Waals surface area contributed by atoms with Crippen molar-refractivity contribution in [3.8, 4) is 0 Å². The van der Waals surface area contributed by atoms with Crippen LogP contribution in [-0.2, 0) is 11.0 Å². The van der Waals surface area contributed by atoms with Gasteiger partial charge in [0.15, 0.2) is 0 Å². The summed E-state index contributed by atoms with van der Waals surface area (Å²) in [5, 5.41) is 2.96. The first-order chi connectivity index (χ1) is 17.6. The topological polar surface area (TPSA) is 58.2 Å². The molecule has 14 heteroatoms. The quantitative estimate of drug-likeness (QED) is 0.224. The van der Waals surface area contributed by atoms with E-state index in [2.05, 4.69) is 5.32 Å². The summed E-state index contributed by atoms with van der Waals surface area (Å²) in [6, 6.07) is 7.03. The summed E-state index contributed by atoms with van der Waals surface area (Å²) < 4.78 is 80.0. The minimum atomic E-state index is -5.05. The minimum absolute atomic E-state index is 0.251. The van der Waals surface area contributed by atoms with Crippen LogP contribution < -0.4 is 10.6 Å². The van der Waals surface area contributed by atoms with Gasteiger partial charge in [0, 0.05) is 17.7 Å². The molecule has 0 radical (unpaired) electrons. The van der Waals surface area contributed by atoms with Crippen LogP contribution in [0, 0.1) is 23.4 Å². The highest BCUT2D eigenvalue weighted by molar-refractivity contribution is 6.53. The minimum Gasteiger partial charge on any atom is -0.326 e. The highest BCUT2D eigenvalue weighted by Gasteiger charge is 2.67. The van der Waals surface area contributed by atoms with Crippen LogP contribution in [0.1, 0.15) is 27.4 Å². The number of hydrogen-bond acceptors (Lipinski definition) is 2. The van der Waals surface area contributed by atoms with E-state index in [1.165, 1.54) is 12.1 Å². The Bertz CT molecular complexity index is 1460. The maximum atomic E-state index is 14.0.